The van der Waals surface area contributed by atoms with Crippen LogP contribution in [0.4, 0.5) is 0 Å². The molecule has 5 nitrogen and oxygen atoms in total. The number of aryl methyl sites for hydroxylation is 1. The van der Waals surface area contributed by atoms with E-state index in [4.69, 9.17) is 0 Å². The number of Topliss-reactive ketones (excluding diaryl/α,β-unsaturated/α-hetero) is 1. The first-order valence-corrected chi connectivity index (χ1v) is 4.96. The van der Waals surface area contributed by atoms with E-state index in [9.17, 15) is 4.79 Å². The third kappa shape index (κ3) is 1.55. The molecular weight excluding hydrogens is 180 g/mol. The van der Waals surface area contributed by atoms with Gasteiger partial charge in [0.2, 0.25) is 0 Å². The van der Waals surface area contributed by atoms with Crippen molar-refractivity contribution in [3.05, 3.63) is 11.9 Å². The summed E-state index contributed by atoms with van der Waals surface area (Å²) in [5.74, 6) is 0.298. The Bertz CT molecular complexity index is 329. The number of carbonyl (C=O) groups excluding carboxylic acids is 1. The van der Waals surface area contributed by atoms with E-state index < -0.39 is 0 Å². The third-order valence-corrected chi connectivity index (χ3v) is 2.46. The maximum atomic E-state index is 11.8. The lowest BCUT2D eigenvalue weighted by atomic mass is 9.96. The second-order valence-electron chi connectivity index (χ2n) is 3.56. The molecule has 1 N–H and O–H groups in total. The fourth-order valence-corrected chi connectivity index (χ4v) is 1.51. The van der Waals surface area contributed by atoms with Crippen molar-refractivity contribution in [3.8, 4) is 0 Å². The van der Waals surface area contributed by atoms with Crippen molar-refractivity contribution in [2.75, 3.05) is 13.1 Å². The highest BCUT2D eigenvalue weighted by molar-refractivity contribution is 5.96. The van der Waals surface area contributed by atoms with E-state index in [0.717, 1.165) is 26.1 Å². The van der Waals surface area contributed by atoms with Gasteiger partial charge in [-0.15, -0.1) is 5.10 Å². The minimum Gasteiger partial charge on any atom is -0.315 e. The number of rotatable bonds is 4. The van der Waals surface area contributed by atoms with Gasteiger partial charge in [0.05, 0.1) is 6.20 Å². The normalized spacial score (nSPS) is 16.6. The van der Waals surface area contributed by atoms with Crippen LogP contribution in [-0.4, -0.2) is 33.9 Å². The zero-order valence-electron chi connectivity index (χ0n) is 8.23. The maximum Gasteiger partial charge on any atom is 0.188 e. The highest BCUT2D eigenvalue weighted by Crippen LogP contribution is 2.11. The van der Waals surface area contributed by atoms with Crippen LogP contribution in [0.25, 0.3) is 0 Å². The molecule has 1 aliphatic heterocycles. The largest absolute Gasteiger partial charge is 0.315 e. The van der Waals surface area contributed by atoms with Crippen molar-refractivity contribution in [3.63, 3.8) is 0 Å². The summed E-state index contributed by atoms with van der Waals surface area (Å²) in [7, 11) is 0. The summed E-state index contributed by atoms with van der Waals surface area (Å²) < 4.78 is 1.70. The molecule has 2 heterocycles. The Balaban J connectivity index is 2.13. The number of hydrogen-bond donors (Lipinski definition) is 1. The van der Waals surface area contributed by atoms with Gasteiger partial charge in [-0.3, -0.25) is 4.79 Å². The van der Waals surface area contributed by atoms with Crippen molar-refractivity contribution in [2.24, 2.45) is 5.92 Å². The molecule has 0 bridgehead atoms. The summed E-state index contributed by atoms with van der Waals surface area (Å²) in [4.78, 5) is 11.8. The topological polar surface area (TPSA) is 59.8 Å². The van der Waals surface area contributed by atoms with Gasteiger partial charge in [-0.2, -0.15) is 0 Å². The van der Waals surface area contributed by atoms with E-state index in [0.29, 0.717) is 5.69 Å². The minimum absolute atomic E-state index is 0.129. The van der Waals surface area contributed by atoms with Crippen LogP contribution >= 0.6 is 0 Å². The number of ketones is 1. The van der Waals surface area contributed by atoms with E-state index >= 15 is 0 Å². The number of aromatic nitrogens is 3. The molecule has 1 aliphatic rings. The van der Waals surface area contributed by atoms with Gasteiger partial charge >= 0.3 is 0 Å². The number of nitrogens with one attached hydrogen (secondary N) is 1. The fraction of sp³-hybridized carbons (Fsp3) is 0.667. The van der Waals surface area contributed by atoms with Gasteiger partial charge in [-0.05, 0) is 6.42 Å². The zero-order valence-corrected chi connectivity index (χ0v) is 8.23. The van der Waals surface area contributed by atoms with Crippen molar-refractivity contribution in [2.45, 2.75) is 19.9 Å². The maximum absolute atomic E-state index is 11.8. The van der Waals surface area contributed by atoms with Gasteiger partial charge in [0.25, 0.3) is 0 Å². The molecule has 0 amide bonds. The summed E-state index contributed by atoms with van der Waals surface area (Å²) in [6.45, 7) is 4.40. The fourth-order valence-electron chi connectivity index (χ4n) is 1.51. The smallest absolute Gasteiger partial charge is 0.188 e. The van der Waals surface area contributed by atoms with Gasteiger partial charge in [-0.1, -0.05) is 12.1 Å². The predicted molar refractivity (Wildman–Crippen MR) is 51.0 cm³/mol. The van der Waals surface area contributed by atoms with Crippen LogP contribution in [0.3, 0.4) is 0 Å². The molecule has 0 aromatic carbocycles. The average molecular weight is 194 g/mol. The highest BCUT2D eigenvalue weighted by atomic mass is 16.1. The molecule has 1 saturated heterocycles. The van der Waals surface area contributed by atoms with Gasteiger partial charge in [0.15, 0.2) is 5.78 Å². The second-order valence-corrected chi connectivity index (χ2v) is 3.56. The summed E-state index contributed by atoms with van der Waals surface area (Å²) in [5.41, 5.74) is 0.651. The quantitative estimate of drug-likeness (QED) is 0.690. The lowest BCUT2D eigenvalue weighted by Gasteiger charge is -2.25. The molecule has 0 saturated carbocycles. The monoisotopic (exact) mass is 194 g/mol. The van der Waals surface area contributed by atoms with Crippen molar-refractivity contribution < 1.29 is 4.79 Å². The van der Waals surface area contributed by atoms with Crippen molar-refractivity contribution in [1.82, 2.24) is 20.3 Å². The first kappa shape index (κ1) is 9.33. The first-order chi connectivity index (χ1) is 6.83. The predicted octanol–water partition coefficient (Wildman–Crippen LogP) is 0.0902. The summed E-state index contributed by atoms with van der Waals surface area (Å²) >= 11 is 0. The van der Waals surface area contributed by atoms with Crippen LogP contribution in [-0.2, 0) is 6.54 Å². The molecule has 1 aromatic rings. The number of hydrogen-bond acceptors (Lipinski definition) is 4. The molecule has 76 valence electrons. The van der Waals surface area contributed by atoms with Crippen molar-refractivity contribution in [1.29, 1.82) is 0 Å². The van der Waals surface area contributed by atoms with E-state index in [1.54, 1.807) is 10.9 Å². The Kier molecular flexibility index (Phi) is 2.58. The lowest BCUT2D eigenvalue weighted by molar-refractivity contribution is 0.0866. The standard InChI is InChI=1S/C9H14N4O/c1-2-3-13-8(6-11-12-13)9(14)7-4-10-5-7/h6-7,10H,2-5H2,1H3. The summed E-state index contributed by atoms with van der Waals surface area (Å²) in [5, 5.41) is 10.8. The van der Waals surface area contributed by atoms with Crippen LogP contribution in [0.1, 0.15) is 23.8 Å². The molecule has 0 spiro atoms. The van der Waals surface area contributed by atoms with Gasteiger partial charge in [0.1, 0.15) is 5.69 Å². The zero-order chi connectivity index (χ0) is 9.97. The Hall–Kier alpha value is -1.23. The summed E-state index contributed by atoms with van der Waals surface area (Å²) in [6, 6.07) is 0. The molecule has 1 aromatic heterocycles. The Morgan fingerprint density at radius 3 is 3.07 bits per heavy atom. The molecule has 14 heavy (non-hydrogen) atoms. The molecule has 0 radical (unpaired) electrons. The van der Waals surface area contributed by atoms with E-state index in [-0.39, 0.29) is 11.7 Å². The van der Waals surface area contributed by atoms with Crippen LogP contribution in [0, 0.1) is 5.92 Å². The minimum atomic E-state index is 0.129. The van der Waals surface area contributed by atoms with Gasteiger partial charge < -0.3 is 5.32 Å². The van der Waals surface area contributed by atoms with Gasteiger partial charge in [-0.25, -0.2) is 4.68 Å². The van der Waals surface area contributed by atoms with Gasteiger partial charge in [0, 0.05) is 25.6 Å². The van der Waals surface area contributed by atoms with E-state index in [1.165, 1.54) is 0 Å². The lowest BCUT2D eigenvalue weighted by Crippen LogP contribution is -2.47. The van der Waals surface area contributed by atoms with Crippen LogP contribution < -0.4 is 5.32 Å². The Labute approximate surface area is 82.5 Å². The van der Waals surface area contributed by atoms with Crippen LogP contribution in [0.5, 0.6) is 0 Å². The molecular formula is C9H14N4O. The van der Waals surface area contributed by atoms with E-state index in [2.05, 4.69) is 22.6 Å². The molecule has 0 aliphatic carbocycles. The Morgan fingerprint density at radius 1 is 1.71 bits per heavy atom. The third-order valence-electron chi connectivity index (χ3n) is 2.46. The first-order valence-electron chi connectivity index (χ1n) is 4.96. The SMILES string of the molecule is CCCn1nncc1C(=O)C1CNC1. The summed E-state index contributed by atoms with van der Waals surface area (Å²) in [6.07, 6.45) is 2.53. The van der Waals surface area contributed by atoms with Crippen molar-refractivity contribution >= 4 is 5.78 Å². The number of nitrogens with zero attached hydrogens (tertiary/aromatic N) is 3. The average Bonchev–Trinajstić information content (AvgIpc) is 2.49. The second kappa shape index (κ2) is 3.88. The molecule has 0 unspecified atom stereocenters. The molecule has 2 rings (SSSR count). The van der Waals surface area contributed by atoms with Crippen LogP contribution in [0.15, 0.2) is 6.20 Å². The van der Waals surface area contributed by atoms with E-state index in [1.807, 2.05) is 0 Å². The highest BCUT2D eigenvalue weighted by Gasteiger charge is 2.28. The van der Waals surface area contributed by atoms with Crippen LogP contribution in [0.2, 0.25) is 0 Å². The molecule has 5 heteroatoms. The Morgan fingerprint density at radius 2 is 2.50 bits per heavy atom. The number of carbonyl (C=O) groups is 1. The molecule has 0 atom stereocenters. The molecule has 1 fully saturated rings.